The summed E-state index contributed by atoms with van der Waals surface area (Å²) in [6.07, 6.45) is 4.57. The maximum atomic E-state index is 14.0. The minimum atomic E-state index is -0.829. The van der Waals surface area contributed by atoms with E-state index in [0.29, 0.717) is 44.0 Å². The summed E-state index contributed by atoms with van der Waals surface area (Å²) < 4.78 is 11.1. The van der Waals surface area contributed by atoms with Crippen LogP contribution in [-0.2, 0) is 19.1 Å². The van der Waals surface area contributed by atoms with Gasteiger partial charge >= 0.3 is 0 Å². The third-order valence-electron chi connectivity index (χ3n) is 9.08. The second-order valence-corrected chi connectivity index (χ2v) is 11.3. The standard InChI is InChI=1S/C29H36N4O6/c1-38-23-8-3-7-20-19(23)14-22(31-20)29(37)33-15-17-5-2-6-18(17)25(33)28(36)32-21(13-16-10-11-30-27(16)35)26(34)24-9-4-12-39-24/h3,7-8,14,16-18,21,24-25,31H,2,4-6,9-13,15H2,1H3,(H,30,35)(H,32,36)/t16-,17-,18-,21-,24?,25-/m0/s1. The Morgan fingerprint density at radius 3 is 2.79 bits per heavy atom. The Hall–Kier alpha value is -3.40. The van der Waals surface area contributed by atoms with E-state index in [1.54, 1.807) is 18.1 Å². The summed E-state index contributed by atoms with van der Waals surface area (Å²) in [6, 6.07) is 5.87. The van der Waals surface area contributed by atoms with Gasteiger partial charge in [0.1, 0.15) is 23.6 Å². The van der Waals surface area contributed by atoms with E-state index < -0.39 is 18.2 Å². The molecule has 3 N–H and O–H groups in total. The van der Waals surface area contributed by atoms with Gasteiger partial charge in [0.2, 0.25) is 11.8 Å². The van der Waals surface area contributed by atoms with Crippen molar-refractivity contribution >= 4 is 34.4 Å². The number of nitrogens with one attached hydrogen (secondary N) is 3. The lowest BCUT2D eigenvalue weighted by molar-refractivity contribution is -0.136. The largest absolute Gasteiger partial charge is 0.496 e. The molecule has 2 aromatic rings. The van der Waals surface area contributed by atoms with E-state index in [1.807, 2.05) is 18.2 Å². The number of benzene rings is 1. The second-order valence-electron chi connectivity index (χ2n) is 11.3. The molecule has 10 nitrogen and oxygen atoms in total. The molecule has 39 heavy (non-hydrogen) atoms. The number of ketones is 1. The van der Waals surface area contributed by atoms with Crippen LogP contribution in [-0.4, -0.2) is 78.4 Å². The zero-order valence-corrected chi connectivity index (χ0v) is 22.2. The number of carbonyl (C=O) groups is 4. The van der Waals surface area contributed by atoms with Crippen molar-refractivity contribution in [2.45, 2.75) is 63.1 Å². The molecule has 208 valence electrons. The number of fused-ring (bicyclic) bond motifs is 2. The Morgan fingerprint density at radius 2 is 2.05 bits per heavy atom. The Balaban J connectivity index is 1.26. The summed E-state index contributed by atoms with van der Waals surface area (Å²) in [5.74, 6) is -0.192. The number of Topliss-reactive ketones (excluding diaryl/α,β-unsaturated/α-hetero) is 1. The van der Waals surface area contributed by atoms with Crippen molar-refractivity contribution in [2.75, 3.05) is 26.8 Å². The molecule has 4 aliphatic rings. The van der Waals surface area contributed by atoms with Crippen molar-refractivity contribution in [2.24, 2.45) is 17.8 Å². The van der Waals surface area contributed by atoms with Crippen LogP contribution in [0.25, 0.3) is 10.9 Å². The summed E-state index contributed by atoms with van der Waals surface area (Å²) in [5.41, 5.74) is 1.19. The van der Waals surface area contributed by atoms with Gasteiger partial charge in [-0.2, -0.15) is 0 Å². The molecule has 0 spiro atoms. The second kappa shape index (κ2) is 10.6. The van der Waals surface area contributed by atoms with E-state index in [2.05, 4.69) is 15.6 Å². The molecule has 1 aromatic carbocycles. The lowest BCUT2D eigenvalue weighted by Crippen LogP contribution is -2.54. The lowest BCUT2D eigenvalue weighted by Gasteiger charge is -2.30. The van der Waals surface area contributed by atoms with Gasteiger partial charge in [0.15, 0.2) is 5.78 Å². The van der Waals surface area contributed by atoms with Crippen LogP contribution >= 0.6 is 0 Å². The number of aromatic amines is 1. The number of methoxy groups -OCH3 is 1. The fourth-order valence-electron chi connectivity index (χ4n) is 7.11. The average molecular weight is 537 g/mol. The van der Waals surface area contributed by atoms with Gasteiger partial charge < -0.3 is 30.0 Å². The third kappa shape index (κ3) is 4.79. The van der Waals surface area contributed by atoms with Gasteiger partial charge in [-0.05, 0) is 68.6 Å². The van der Waals surface area contributed by atoms with Crippen molar-refractivity contribution in [3.63, 3.8) is 0 Å². The molecule has 6 atom stereocenters. The minimum absolute atomic E-state index is 0.0427. The number of ether oxygens (including phenoxy) is 2. The molecule has 6 rings (SSSR count). The van der Waals surface area contributed by atoms with Crippen LogP contribution in [0.2, 0.25) is 0 Å². The molecule has 3 amide bonds. The van der Waals surface area contributed by atoms with Crippen molar-refractivity contribution < 1.29 is 28.7 Å². The summed E-state index contributed by atoms with van der Waals surface area (Å²) >= 11 is 0. The lowest BCUT2D eigenvalue weighted by atomic mass is 9.90. The maximum absolute atomic E-state index is 14.0. The zero-order valence-electron chi connectivity index (χ0n) is 22.2. The molecule has 1 aliphatic carbocycles. The molecule has 1 saturated carbocycles. The smallest absolute Gasteiger partial charge is 0.271 e. The minimum Gasteiger partial charge on any atom is -0.496 e. The van der Waals surface area contributed by atoms with Crippen molar-refractivity contribution in [3.05, 3.63) is 30.0 Å². The molecule has 1 aromatic heterocycles. The van der Waals surface area contributed by atoms with Gasteiger partial charge in [-0.1, -0.05) is 12.5 Å². The monoisotopic (exact) mass is 536 g/mol. The van der Waals surface area contributed by atoms with E-state index >= 15 is 0 Å². The number of amides is 3. The van der Waals surface area contributed by atoms with E-state index in [1.165, 1.54) is 0 Å². The molecule has 1 unspecified atom stereocenters. The number of rotatable bonds is 8. The number of H-pyrrole nitrogens is 1. The van der Waals surface area contributed by atoms with Gasteiger partial charge in [-0.3, -0.25) is 19.2 Å². The number of hydrogen-bond acceptors (Lipinski definition) is 6. The fraction of sp³-hybridized carbons (Fsp3) is 0.586. The van der Waals surface area contributed by atoms with Gasteiger partial charge in [0, 0.05) is 36.5 Å². The molecule has 0 bridgehead atoms. The predicted octanol–water partition coefficient (Wildman–Crippen LogP) is 2.18. The fourth-order valence-corrected chi connectivity index (χ4v) is 7.11. The van der Waals surface area contributed by atoms with Gasteiger partial charge in [-0.25, -0.2) is 0 Å². The Morgan fingerprint density at radius 1 is 1.18 bits per heavy atom. The van der Waals surface area contributed by atoms with Gasteiger partial charge in [0.25, 0.3) is 5.91 Å². The summed E-state index contributed by atoms with van der Waals surface area (Å²) in [4.78, 5) is 58.5. The summed E-state index contributed by atoms with van der Waals surface area (Å²) in [7, 11) is 1.59. The summed E-state index contributed by atoms with van der Waals surface area (Å²) in [5, 5.41) is 6.63. The van der Waals surface area contributed by atoms with Crippen LogP contribution in [0.15, 0.2) is 24.3 Å². The van der Waals surface area contributed by atoms with Crippen LogP contribution < -0.4 is 15.4 Å². The van der Waals surface area contributed by atoms with Crippen molar-refractivity contribution in [1.29, 1.82) is 0 Å². The van der Waals surface area contributed by atoms with Crippen molar-refractivity contribution in [3.8, 4) is 5.75 Å². The highest BCUT2D eigenvalue weighted by atomic mass is 16.5. The molecule has 3 aliphatic heterocycles. The van der Waals surface area contributed by atoms with E-state index in [-0.39, 0.29) is 47.7 Å². The van der Waals surface area contributed by atoms with Crippen molar-refractivity contribution in [1.82, 2.24) is 20.5 Å². The quantitative estimate of drug-likeness (QED) is 0.474. The van der Waals surface area contributed by atoms with E-state index in [4.69, 9.17) is 9.47 Å². The zero-order chi connectivity index (χ0) is 27.1. The number of carbonyl (C=O) groups excluding carboxylic acids is 4. The molecule has 3 saturated heterocycles. The van der Waals surface area contributed by atoms with Gasteiger partial charge in [-0.15, -0.1) is 0 Å². The molecule has 0 radical (unpaired) electrons. The topological polar surface area (TPSA) is 130 Å². The average Bonchev–Trinajstić information content (AvgIpc) is 3.75. The molecular formula is C29H36N4O6. The maximum Gasteiger partial charge on any atom is 0.271 e. The van der Waals surface area contributed by atoms with E-state index in [9.17, 15) is 19.2 Å². The summed E-state index contributed by atoms with van der Waals surface area (Å²) in [6.45, 7) is 1.59. The Bertz CT molecular complexity index is 1280. The number of hydrogen-bond donors (Lipinski definition) is 3. The molecule has 4 fully saturated rings. The number of aromatic nitrogens is 1. The molecule has 10 heteroatoms. The third-order valence-corrected chi connectivity index (χ3v) is 9.08. The normalized spacial score (nSPS) is 28.9. The van der Waals surface area contributed by atoms with E-state index in [0.717, 1.165) is 36.6 Å². The first kappa shape index (κ1) is 25.9. The highest BCUT2D eigenvalue weighted by Gasteiger charge is 2.50. The SMILES string of the molecule is COc1cccc2[nH]c(C(=O)N3C[C@@H]4CCC[C@@H]4[C@H]3C(=O)N[C@@H](C[C@@H]3CCNC3=O)C(=O)C3CCCO3)cc12. The molecule has 4 heterocycles. The van der Waals surface area contributed by atoms with Crippen LogP contribution in [0.4, 0.5) is 0 Å². The highest BCUT2D eigenvalue weighted by molar-refractivity contribution is 6.02. The van der Waals surface area contributed by atoms with Crippen LogP contribution in [0.1, 0.15) is 55.4 Å². The van der Waals surface area contributed by atoms with Crippen LogP contribution in [0.5, 0.6) is 5.75 Å². The number of likely N-dealkylation sites (tertiary alicyclic amines) is 1. The number of nitrogens with zero attached hydrogens (tertiary/aromatic N) is 1. The first-order valence-electron chi connectivity index (χ1n) is 14.1. The Labute approximate surface area is 227 Å². The van der Waals surface area contributed by atoms with Crippen LogP contribution in [0, 0.1) is 17.8 Å². The predicted molar refractivity (Wildman–Crippen MR) is 142 cm³/mol. The van der Waals surface area contributed by atoms with Gasteiger partial charge in [0.05, 0.1) is 13.2 Å². The Kier molecular flexibility index (Phi) is 7.05. The highest BCUT2D eigenvalue weighted by Crippen LogP contribution is 2.43. The first-order chi connectivity index (χ1) is 18.9. The molecular weight excluding hydrogens is 500 g/mol. The van der Waals surface area contributed by atoms with Crippen LogP contribution in [0.3, 0.4) is 0 Å². The first-order valence-corrected chi connectivity index (χ1v) is 14.1.